The van der Waals surface area contributed by atoms with Crippen LogP contribution in [0.2, 0.25) is 0 Å². The van der Waals surface area contributed by atoms with Gasteiger partial charge in [0, 0.05) is 19.0 Å². The number of aliphatic hydroxyl groups is 1. The van der Waals surface area contributed by atoms with E-state index < -0.39 is 0 Å². The Hall–Kier alpha value is -2.25. The predicted molar refractivity (Wildman–Crippen MR) is 106 cm³/mol. The summed E-state index contributed by atoms with van der Waals surface area (Å²) in [6.45, 7) is 2.34. The Kier molecular flexibility index (Phi) is 5.73. The maximum absolute atomic E-state index is 12.4. The Bertz CT molecular complexity index is 792. The number of nitrogens with zero attached hydrogens (tertiary/aromatic N) is 4. The molecule has 0 unspecified atom stereocenters. The number of aromatic nitrogens is 3. The standard InChI is InChI=1S/C21H29N5O2/c1-25-19(14-27)23-24-21(25)17-11-18(12-17)22-20(28)13-26-9-7-16(8-10-26)15-5-3-2-4-6-15/h2-6,16-18,27H,7-14H2,1H3,(H,22,28). The van der Waals surface area contributed by atoms with Gasteiger partial charge in [-0.05, 0) is 50.3 Å². The van der Waals surface area contributed by atoms with E-state index in [1.807, 2.05) is 11.6 Å². The van der Waals surface area contributed by atoms with Gasteiger partial charge >= 0.3 is 0 Å². The van der Waals surface area contributed by atoms with Crippen molar-refractivity contribution in [3.63, 3.8) is 0 Å². The molecule has 2 heterocycles. The average Bonchev–Trinajstić information content (AvgIpc) is 3.06. The molecule has 1 saturated heterocycles. The van der Waals surface area contributed by atoms with Crippen LogP contribution in [0.15, 0.2) is 30.3 Å². The number of aliphatic hydroxyl groups excluding tert-OH is 1. The first-order chi connectivity index (χ1) is 13.6. The Labute approximate surface area is 165 Å². The van der Waals surface area contributed by atoms with Crippen molar-refractivity contribution in [1.29, 1.82) is 0 Å². The van der Waals surface area contributed by atoms with Crippen LogP contribution in [0, 0.1) is 0 Å². The third-order valence-electron chi connectivity index (χ3n) is 6.23. The minimum Gasteiger partial charge on any atom is -0.388 e. The van der Waals surface area contributed by atoms with E-state index in [2.05, 4.69) is 50.7 Å². The molecule has 1 amide bonds. The number of carbonyl (C=O) groups excluding carboxylic acids is 1. The van der Waals surface area contributed by atoms with E-state index in [0.717, 1.165) is 44.6 Å². The maximum Gasteiger partial charge on any atom is 0.234 e. The van der Waals surface area contributed by atoms with E-state index >= 15 is 0 Å². The van der Waals surface area contributed by atoms with E-state index in [1.54, 1.807) is 0 Å². The number of likely N-dealkylation sites (tertiary alicyclic amines) is 1. The molecule has 7 heteroatoms. The van der Waals surface area contributed by atoms with Gasteiger partial charge < -0.3 is 15.0 Å². The molecule has 0 spiro atoms. The molecule has 2 N–H and O–H groups in total. The van der Waals surface area contributed by atoms with Crippen LogP contribution in [0.1, 0.15) is 54.7 Å². The van der Waals surface area contributed by atoms with Crippen molar-refractivity contribution in [3.05, 3.63) is 47.5 Å². The summed E-state index contributed by atoms with van der Waals surface area (Å²) in [5.41, 5.74) is 1.42. The first kappa shape index (κ1) is 19.1. The molecule has 4 rings (SSSR count). The van der Waals surface area contributed by atoms with Crippen LogP contribution in [0.4, 0.5) is 0 Å². The number of rotatable bonds is 6. The Morgan fingerprint density at radius 2 is 1.86 bits per heavy atom. The predicted octanol–water partition coefficient (Wildman–Crippen LogP) is 1.55. The van der Waals surface area contributed by atoms with Gasteiger partial charge in [-0.1, -0.05) is 30.3 Å². The van der Waals surface area contributed by atoms with Gasteiger partial charge in [-0.3, -0.25) is 9.69 Å². The Balaban J connectivity index is 1.18. The Morgan fingerprint density at radius 1 is 1.14 bits per heavy atom. The molecule has 28 heavy (non-hydrogen) atoms. The van der Waals surface area contributed by atoms with Crippen LogP contribution in [0.25, 0.3) is 0 Å². The minimum atomic E-state index is -0.0999. The molecule has 1 aromatic carbocycles. The summed E-state index contributed by atoms with van der Waals surface area (Å²) in [5.74, 6) is 2.53. The fourth-order valence-electron chi connectivity index (χ4n) is 4.44. The number of hydrogen-bond acceptors (Lipinski definition) is 5. The molecule has 150 valence electrons. The first-order valence-corrected chi connectivity index (χ1v) is 10.2. The van der Waals surface area contributed by atoms with Crippen molar-refractivity contribution < 1.29 is 9.90 Å². The van der Waals surface area contributed by atoms with Crippen molar-refractivity contribution in [2.75, 3.05) is 19.6 Å². The number of carbonyl (C=O) groups is 1. The zero-order valence-corrected chi connectivity index (χ0v) is 16.4. The SMILES string of the molecule is Cn1c(CO)nnc1C1CC(NC(=O)CN2CCC(c3ccccc3)CC2)C1. The van der Waals surface area contributed by atoms with E-state index in [9.17, 15) is 9.90 Å². The largest absolute Gasteiger partial charge is 0.388 e. The van der Waals surface area contributed by atoms with E-state index in [4.69, 9.17) is 0 Å². The molecule has 0 radical (unpaired) electrons. The van der Waals surface area contributed by atoms with Gasteiger partial charge in [-0.25, -0.2) is 0 Å². The maximum atomic E-state index is 12.4. The summed E-state index contributed by atoms with van der Waals surface area (Å²) in [4.78, 5) is 14.7. The second-order valence-electron chi connectivity index (χ2n) is 8.09. The fraction of sp³-hybridized carbons (Fsp3) is 0.571. The summed E-state index contributed by atoms with van der Waals surface area (Å²) >= 11 is 0. The van der Waals surface area contributed by atoms with Crippen molar-refractivity contribution in [2.24, 2.45) is 7.05 Å². The van der Waals surface area contributed by atoms with Gasteiger partial charge in [-0.15, -0.1) is 10.2 Å². The highest BCUT2D eigenvalue weighted by Crippen LogP contribution is 2.36. The lowest BCUT2D eigenvalue weighted by atomic mass is 9.79. The summed E-state index contributed by atoms with van der Waals surface area (Å²) in [5, 5.41) is 20.6. The van der Waals surface area contributed by atoms with Crippen LogP contribution in [-0.2, 0) is 18.4 Å². The topological polar surface area (TPSA) is 83.3 Å². The highest BCUT2D eigenvalue weighted by atomic mass is 16.3. The second kappa shape index (κ2) is 8.41. The third-order valence-corrected chi connectivity index (χ3v) is 6.23. The quantitative estimate of drug-likeness (QED) is 0.791. The average molecular weight is 383 g/mol. The number of piperidine rings is 1. The van der Waals surface area contributed by atoms with Crippen LogP contribution < -0.4 is 5.32 Å². The third kappa shape index (κ3) is 4.10. The van der Waals surface area contributed by atoms with Gasteiger partial charge in [-0.2, -0.15) is 0 Å². The van der Waals surface area contributed by atoms with Crippen LogP contribution in [0.5, 0.6) is 0 Å². The van der Waals surface area contributed by atoms with Crippen molar-refractivity contribution >= 4 is 5.91 Å². The lowest BCUT2D eigenvalue weighted by Gasteiger charge is -2.36. The zero-order valence-electron chi connectivity index (χ0n) is 16.4. The molecule has 2 aromatic rings. The number of hydrogen-bond donors (Lipinski definition) is 2. The summed E-state index contributed by atoms with van der Waals surface area (Å²) < 4.78 is 1.86. The second-order valence-corrected chi connectivity index (χ2v) is 8.09. The molecule has 0 bridgehead atoms. The van der Waals surface area contributed by atoms with Crippen LogP contribution in [0.3, 0.4) is 0 Å². The molecular weight excluding hydrogens is 354 g/mol. The van der Waals surface area contributed by atoms with E-state index in [1.165, 1.54) is 5.56 Å². The smallest absolute Gasteiger partial charge is 0.234 e. The summed E-state index contributed by atoms with van der Waals surface area (Å²) in [7, 11) is 1.88. The van der Waals surface area contributed by atoms with Crippen LogP contribution >= 0.6 is 0 Å². The van der Waals surface area contributed by atoms with Crippen molar-refractivity contribution in [2.45, 2.75) is 50.2 Å². The van der Waals surface area contributed by atoms with Crippen molar-refractivity contribution in [1.82, 2.24) is 25.0 Å². The fourth-order valence-corrected chi connectivity index (χ4v) is 4.44. The van der Waals surface area contributed by atoms with Gasteiger partial charge in [0.05, 0.1) is 6.54 Å². The molecule has 1 aliphatic carbocycles. The number of nitrogens with one attached hydrogen (secondary N) is 1. The molecule has 2 aliphatic rings. The lowest BCUT2D eigenvalue weighted by molar-refractivity contribution is -0.123. The normalized spacial score (nSPS) is 23.4. The molecule has 7 nitrogen and oxygen atoms in total. The number of amides is 1. The molecule has 1 aromatic heterocycles. The molecule has 1 aliphatic heterocycles. The van der Waals surface area contributed by atoms with Gasteiger partial charge in [0.2, 0.25) is 5.91 Å². The summed E-state index contributed by atoms with van der Waals surface area (Å²) in [6, 6.07) is 10.9. The van der Waals surface area contributed by atoms with Gasteiger partial charge in [0.15, 0.2) is 5.82 Å². The molecular formula is C21H29N5O2. The monoisotopic (exact) mass is 383 g/mol. The summed E-state index contributed by atoms with van der Waals surface area (Å²) in [6.07, 6.45) is 4.00. The Morgan fingerprint density at radius 3 is 2.50 bits per heavy atom. The number of benzene rings is 1. The molecule has 1 saturated carbocycles. The van der Waals surface area contributed by atoms with Crippen LogP contribution in [-0.4, -0.2) is 56.4 Å². The zero-order chi connectivity index (χ0) is 19.5. The lowest BCUT2D eigenvalue weighted by Crippen LogP contribution is -2.48. The van der Waals surface area contributed by atoms with E-state index in [0.29, 0.717) is 24.2 Å². The highest BCUT2D eigenvalue weighted by molar-refractivity contribution is 5.78. The molecule has 0 atom stereocenters. The van der Waals surface area contributed by atoms with Crippen molar-refractivity contribution in [3.8, 4) is 0 Å². The molecule has 2 fully saturated rings. The first-order valence-electron chi connectivity index (χ1n) is 10.2. The van der Waals surface area contributed by atoms with Gasteiger partial charge in [0.25, 0.3) is 0 Å². The highest BCUT2D eigenvalue weighted by Gasteiger charge is 2.35. The van der Waals surface area contributed by atoms with Gasteiger partial charge in [0.1, 0.15) is 12.4 Å². The van der Waals surface area contributed by atoms with E-state index in [-0.39, 0.29) is 18.6 Å². The minimum absolute atomic E-state index is 0.0999.